The van der Waals surface area contributed by atoms with Gasteiger partial charge in [0.05, 0.1) is 0 Å². The van der Waals surface area contributed by atoms with Crippen molar-refractivity contribution in [1.29, 1.82) is 0 Å². The van der Waals surface area contributed by atoms with Gasteiger partial charge < -0.3 is 9.08 Å². The molecule has 0 spiro atoms. The minimum Gasteiger partial charge on any atom is -0.376 e. The summed E-state index contributed by atoms with van der Waals surface area (Å²) in [5.41, 5.74) is -3.52. The Hall–Kier alpha value is -1.28. The molecule has 8 heteroatoms. The molecule has 0 radical (unpaired) electrons. The van der Waals surface area contributed by atoms with Gasteiger partial charge in [-0.05, 0) is 68.5 Å². The zero-order valence-electron chi connectivity index (χ0n) is 14.5. The highest BCUT2D eigenvalue weighted by molar-refractivity contribution is 7.88. The van der Waals surface area contributed by atoms with Crippen LogP contribution in [0.5, 0.6) is 5.75 Å². The van der Waals surface area contributed by atoms with Crippen LogP contribution in [0.3, 0.4) is 0 Å². The Morgan fingerprint density at radius 1 is 1.16 bits per heavy atom. The van der Waals surface area contributed by atoms with Crippen LogP contribution in [0, 0.1) is 0 Å². The van der Waals surface area contributed by atoms with Crippen molar-refractivity contribution in [3.63, 3.8) is 0 Å². The Balaban J connectivity index is 2.13. The third kappa shape index (κ3) is 4.88. The molecule has 142 valence electrons. The van der Waals surface area contributed by atoms with Gasteiger partial charge in [0.25, 0.3) is 0 Å². The largest absolute Gasteiger partial charge is 0.534 e. The molecule has 0 unspecified atom stereocenters. The van der Waals surface area contributed by atoms with Gasteiger partial charge in [0.1, 0.15) is 5.75 Å². The lowest BCUT2D eigenvalue weighted by molar-refractivity contribution is -0.0500. The number of benzene rings is 1. The van der Waals surface area contributed by atoms with Crippen molar-refractivity contribution in [2.24, 2.45) is 0 Å². The van der Waals surface area contributed by atoms with E-state index in [1.54, 1.807) is 6.07 Å². The van der Waals surface area contributed by atoms with E-state index in [0.29, 0.717) is 12.5 Å². The number of rotatable bonds is 7. The van der Waals surface area contributed by atoms with Crippen LogP contribution in [-0.2, 0) is 23.0 Å². The molecule has 0 saturated heterocycles. The Labute approximate surface area is 147 Å². The second kappa shape index (κ2) is 7.95. The zero-order valence-corrected chi connectivity index (χ0v) is 15.3. The minimum absolute atomic E-state index is 0.284. The van der Waals surface area contributed by atoms with Crippen molar-refractivity contribution >= 4 is 10.1 Å². The average Bonchev–Trinajstić information content (AvgIpc) is 2.53. The first kappa shape index (κ1) is 20.0. The molecule has 1 aliphatic rings. The Bertz CT molecular complexity index is 683. The van der Waals surface area contributed by atoms with Crippen LogP contribution in [-0.4, -0.2) is 38.0 Å². The summed E-state index contributed by atoms with van der Waals surface area (Å²) < 4.78 is 63.7. The van der Waals surface area contributed by atoms with Crippen molar-refractivity contribution < 1.29 is 25.8 Å². The number of fused-ring (bicyclic) bond motifs is 1. The van der Waals surface area contributed by atoms with Crippen LogP contribution in [0.1, 0.15) is 44.2 Å². The van der Waals surface area contributed by atoms with Crippen LogP contribution in [0.15, 0.2) is 18.2 Å². The molecule has 0 amide bonds. The van der Waals surface area contributed by atoms with Gasteiger partial charge in [0, 0.05) is 6.04 Å². The summed E-state index contributed by atoms with van der Waals surface area (Å²) in [5, 5.41) is 0. The van der Waals surface area contributed by atoms with E-state index in [9.17, 15) is 21.6 Å². The molecule has 0 heterocycles. The van der Waals surface area contributed by atoms with Crippen molar-refractivity contribution in [2.45, 2.75) is 57.5 Å². The van der Waals surface area contributed by atoms with Gasteiger partial charge in [0.2, 0.25) is 0 Å². The maximum Gasteiger partial charge on any atom is 0.534 e. The Kier molecular flexibility index (Phi) is 6.37. The summed E-state index contributed by atoms with van der Waals surface area (Å²) in [6.45, 7) is 6.34. The molecule has 0 bridgehead atoms. The maximum absolute atomic E-state index is 12.4. The molecular weight excluding hydrogens is 355 g/mol. The number of alkyl halides is 3. The van der Waals surface area contributed by atoms with E-state index in [1.165, 1.54) is 12.1 Å². The Morgan fingerprint density at radius 3 is 2.36 bits per heavy atom. The van der Waals surface area contributed by atoms with E-state index in [1.807, 2.05) is 0 Å². The van der Waals surface area contributed by atoms with Gasteiger partial charge in [-0.3, -0.25) is 0 Å². The van der Waals surface area contributed by atoms with Crippen molar-refractivity contribution in [3.8, 4) is 5.75 Å². The van der Waals surface area contributed by atoms with E-state index in [2.05, 4.69) is 22.9 Å². The highest BCUT2D eigenvalue weighted by Gasteiger charge is 2.48. The Morgan fingerprint density at radius 2 is 1.80 bits per heavy atom. The lowest BCUT2D eigenvalue weighted by Gasteiger charge is -2.35. The molecule has 0 aliphatic heterocycles. The van der Waals surface area contributed by atoms with Crippen molar-refractivity contribution in [2.75, 3.05) is 13.1 Å². The van der Waals surface area contributed by atoms with Crippen molar-refractivity contribution in [1.82, 2.24) is 4.90 Å². The SMILES string of the molecule is CCCN(CCC)[C@H]1CCc2cc(OS(=O)(=O)C(F)(F)F)ccc2C1. The molecule has 2 rings (SSSR count). The standard InChI is InChI=1S/C17H24F3NO3S/c1-3-9-21(10-4-2)15-7-5-14-12-16(8-6-13(14)11-15)24-25(22,23)17(18,19)20/h6,8,12,15H,3-5,7,9-11H2,1-2H3/t15-/m0/s1. The van der Waals surface area contributed by atoms with E-state index in [4.69, 9.17) is 0 Å². The lowest BCUT2D eigenvalue weighted by Crippen LogP contribution is -2.40. The average molecular weight is 379 g/mol. The summed E-state index contributed by atoms with van der Waals surface area (Å²) in [4.78, 5) is 2.46. The van der Waals surface area contributed by atoms with Gasteiger partial charge in [-0.2, -0.15) is 21.6 Å². The third-order valence-corrected chi connectivity index (χ3v) is 5.39. The second-order valence-corrected chi connectivity index (χ2v) is 7.88. The van der Waals surface area contributed by atoms with E-state index in [0.717, 1.165) is 49.9 Å². The molecule has 1 aromatic carbocycles. The fourth-order valence-corrected chi connectivity index (χ4v) is 3.75. The summed E-state index contributed by atoms with van der Waals surface area (Å²) >= 11 is 0. The summed E-state index contributed by atoms with van der Waals surface area (Å²) in [6.07, 6.45) is 4.58. The third-order valence-electron chi connectivity index (χ3n) is 4.41. The molecule has 1 atom stereocenters. The maximum atomic E-state index is 12.4. The number of halogens is 3. The quantitative estimate of drug-likeness (QED) is 0.533. The smallest absolute Gasteiger partial charge is 0.376 e. The van der Waals surface area contributed by atoms with E-state index >= 15 is 0 Å². The van der Waals surface area contributed by atoms with Crippen LogP contribution >= 0.6 is 0 Å². The first-order valence-corrected chi connectivity index (χ1v) is 9.95. The normalized spacial score (nSPS) is 18.2. The van der Waals surface area contributed by atoms with Gasteiger partial charge >= 0.3 is 15.6 Å². The molecular formula is C17H24F3NO3S. The predicted molar refractivity (Wildman–Crippen MR) is 90.0 cm³/mol. The molecule has 25 heavy (non-hydrogen) atoms. The van der Waals surface area contributed by atoms with E-state index in [-0.39, 0.29) is 5.75 Å². The number of hydrogen-bond acceptors (Lipinski definition) is 4. The molecule has 4 nitrogen and oxygen atoms in total. The van der Waals surface area contributed by atoms with Gasteiger partial charge in [-0.1, -0.05) is 19.9 Å². The van der Waals surface area contributed by atoms with Crippen molar-refractivity contribution in [3.05, 3.63) is 29.3 Å². The van der Waals surface area contributed by atoms with Crippen LogP contribution in [0.2, 0.25) is 0 Å². The predicted octanol–water partition coefficient (Wildman–Crippen LogP) is 3.89. The summed E-state index contributed by atoms with van der Waals surface area (Å²) in [6, 6.07) is 4.81. The fourth-order valence-electron chi connectivity index (χ4n) is 3.30. The summed E-state index contributed by atoms with van der Waals surface area (Å²) in [5.74, 6) is -0.284. The van der Waals surface area contributed by atoms with Crippen LogP contribution in [0.25, 0.3) is 0 Å². The molecule has 1 aliphatic carbocycles. The van der Waals surface area contributed by atoms with Gasteiger partial charge in [0.15, 0.2) is 0 Å². The highest BCUT2D eigenvalue weighted by Crippen LogP contribution is 2.31. The molecule has 0 aromatic heterocycles. The monoisotopic (exact) mass is 379 g/mol. The molecule has 1 aromatic rings. The lowest BCUT2D eigenvalue weighted by atomic mass is 9.87. The second-order valence-electron chi connectivity index (χ2n) is 6.35. The summed E-state index contributed by atoms with van der Waals surface area (Å²) in [7, 11) is -5.62. The van der Waals surface area contributed by atoms with Gasteiger partial charge in [-0.25, -0.2) is 0 Å². The first-order chi connectivity index (χ1) is 11.7. The highest BCUT2D eigenvalue weighted by atomic mass is 32.2. The first-order valence-electron chi connectivity index (χ1n) is 8.54. The van der Waals surface area contributed by atoms with E-state index < -0.39 is 15.6 Å². The molecule has 0 N–H and O–H groups in total. The molecule has 0 fully saturated rings. The number of hydrogen-bond donors (Lipinski definition) is 0. The number of aryl methyl sites for hydroxylation is 1. The molecule has 0 saturated carbocycles. The fraction of sp³-hybridized carbons (Fsp3) is 0.647. The minimum atomic E-state index is -5.62. The van der Waals surface area contributed by atoms with Gasteiger partial charge in [-0.15, -0.1) is 0 Å². The van der Waals surface area contributed by atoms with Crippen LogP contribution in [0.4, 0.5) is 13.2 Å². The van der Waals surface area contributed by atoms with Crippen LogP contribution < -0.4 is 4.18 Å². The zero-order chi connectivity index (χ0) is 18.7. The number of nitrogens with zero attached hydrogens (tertiary/aromatic N) is 1. The topological polar surface area (TPSA) is 46.6 Å².